The average Bonchev–Trinajstić information content (AvgIpc) is 2.83. The normalized spacial score (nSPS) is 20.2. The highest BCUT2D eigenvalue weighted by atomic mass is 35.5. The fourth-order valence-corrected chi connectivity index (χ4v) is 5.85. The summed E-state index contributed by atoms with van der Waals surface area (Å²) in [6.07, 6.45) is 0.235. The minimum absolute atomic E-state index is 0.0422. The Labute approximate surface area is 211 Å². The molecule has 5 nitrogen and oxygen atoms in total. The predicted octanol–water partition coefficient (Wildman–Crippen LogP) is 5.66. The molecule has 1 fully saturated rings. The lowest BCUT2D eigenvalue weighted by Crippen LogP contribution is -2.55. The molecule has 3 aromatic rings. The average molecular weight is 515 g/mol. The summed E-state index contributed by atoms with van der Waals surface area (Å²) in [5, 5.41) is -0.0716. The van der Waals surface area contributed by atoms with E-state index in [1.54, 1.807) is 0 Å². The lowest BCUT2D eigenvalue weighted by molar-refractivity contribution is -0.122. The van der Waals surface area contributed by atoms with Gasteiger partial charge in [-0.05, 0) is 58.4 Å². The third-order valence-corrected chi connectivity index (χ3v) is 8.39. The largest absolute Gasteiger partial charge is 0.298 e. The Morgan fingerprint density at radius 1 is 1.09 bits per heavy atom. The Balaban J connectivity index is 1.59. The van der Waals surface area contributed by atoms with Crippen molar-refractivity contribution in [2.45, 2.75) is 44.7 Å². The zero-order chi connectivity index (χ0) is 25.3. The molecule has 35 heavy (non-hydrogen) atoms. The van der Waals surface area contributed by atoms with E-state index in [4.69, 9.17) is 11.6 Å². The van der Waals surface area contributed by atoms with Gasteiger partial charge in [0, 0.05) is 19.5 Å². The molecule has 0 aliphatic carbocycles. The van der Waals surface area contributed by atoms with Crippen LogP contribution in [0.3, 0.4) is 0 Å². The van der Waals surface area contributed by atoms with E-state index in [9.17, 15) is 17.6 Å². The van der Waals surface area contributed by atoms with Crippen molar-refractivity contribution in [1.82, 2.24) is 9.03 Å². The second-order valence-electron chi connectivity index (χ2n) is 9.24. The number of carbonyl (C=O) groups is 1. The van der Waals surface area contributed by atoms with E-state index in [1.807, 2.05) is 24.3 Å². The summed E-state index contributed by atoms with van der Waals surface area (Å²) in [5.74, 6) is -0.404. The molecule has 0 aromatic heterocycles. The number of likely N-dealkylation sites (N-methyl/N-ethyl adjacent to an activating group) is 1. The number of hydrogen-bond acceptors (Lipinski definition) is 3. The molecule has 0 spiro atoms. The van der Waals surface area contributed by atoms with Crippen molar-refractivity contribution in [1.29, 1.82) is 0 Å². The fraction of sp³-hybridized carbons (Fsp3) is 0.296. The summed E-state index contributed by atoms with van der Waals surface area (Å²) >= 11 is 5.85. The molecule has 1 aliphatic rings. The summed E-state index contributed by atoms with van der Waals surface area (Å²) in [5.41, 5.74) is 4.58. The molecule has 1 N–H and O–H groups in total. The standard InChI is InChI=1S/C27H28ClFN2O3S/c1-17(2)19-8-10-20(11-9-19)21-5-4-6-22(15-21)25-16-26(31(3)35(33,34)30-25)27(32)14-18-7-12-24(29)23(28)13-18/h4-13,15,17,25-26,30H,14,16H2,1-3H3. The van der Waals surface area contributed by atoms with Crippen molar-refractivity contribution in [3.05, 3.63) is 94.3 Å². The van der Waals surface area contributed by atoms with Gasteiger partial charge >= 0.3 is 0 Å². The lowest BCUT2D eigenvalue weighted by atomic mass is 9.92. The van der Waals surface area contributed by atoms with Gasteiger partial charge in [-0.25, -0.2) is 4.39 Å². The van der Waals surface area contributed by atoms with Gasteiger partial charge in [0.05, 0.1) is 11.1 Å². The lowest BCUT2D eigenvalue weighted by Gasteiger charge is -2.36. The van der Waals surface area contributed by atoms with Gasteiger partial charge in [-0.3, -0.25) is 4.79 Å². The van der Waals surface area contributed by atoms with Crippen LogP contribution in [-0.2, 0) is 21.4 Å². The summed E-state index contributed by atoms with van der Waals surface area (Å²) < 4.78 is 43.0. The maximum Gasteiger partial charge on any atom is 0.280 e. The predicted molar refractivity (Wildman–Crippen MR) is 137 cm³/mol. The number of carbonyl (C=O) groups excluding carboxylic acids is 1. The number of Topliss-reactive ketones (excluding diaryl/α,β-unsaturated/α-hetero) is 1. The van der Waals surface area contributed by atoms with Crippen molar-refractivity contribution in [3.8, 4) is 11.1 Å². The first-order chi connectivity index (χ1) is 16.5. The van der Waals surface area contributed by atoms with Crippen molar-refractivity contribution < 1.29 is 17.6 Å². The van der Waals surface area contributed by atoms with Gasteiger partial charge < -0.3 is 0 Å². The van der Waals surface area contributed by atoms with Crippen molar-refractivity contribution >= 4 is 27.6 Å². The number of rotatable bonds is 6. The van der Waals surface area contributed by atoms with Gasteiger partial charge in [0.1, 0.15) is 5.82 Å². The second-order valence-corrected chi connectivity index (χ2v) is 11.4. The number of hydrogen-bond donors (Lipinski definition) is 1. The van der Waals surface area contributed by atoms with Crippen LogP contribution in [0.15, 0.2) is 66.7 Å². The number of nitrogens with zero attached hydrogens (tertiary/aromatic N) is 1. The van der Waals surface area contributed by atoms with Crippen LogP contribution in [-0.4, -0.2) is 31.6 Å². The quantitative estimate of drug-likeness (QED) is 0.461. The third kappa shape index (κ3) is 5.64. The maximum absolute atomic E-state index is 13.5. The summed E-state index contributed by atoms with van der Waals surface area (Å²) in [4.78, 5) is 13.1. The molecule has 1 heterocycles. The first-order valence-electron chi connectivity index (χ1n) is 11.5. The highest BCUT2D eigenvalue weighted by Crippen LogP contribution is 2.32. The highest BCUT2D eigenvalue weighted by molar-refractivity contribution is 7.87. The molecule has 2 unspecified atom stereocenters. The minimum atomic E-state index is -3.88. The minimum Gasteiger partial charge on any atom is -0.298 e. The van der Waals surface area contributed by atoms with Crippen LogP contribution >= 0.6 is 11.6 Å². The molecular formula is C27H28ClFN2O3S. The van der Waals surface area contributed by atoms with E-state index in [2.05, 4.69) is 42.8 Å². The van der Waals surface area contributed by atoms with Crippen LogP contribution in [0.25, 0.3) is 11.1 Å². The summed E-state index contributed by atoms with van der Waals surface area (Å²) in [7, 11) is -2.48. The molecule has 0 radical (unpaired) electrons. The fourth-order valence-electron chi connectivity index (χ4n) is 4.35. The van der Waals surface area contributed by atoms with Crippen molar-refractivity contribution in [3.63, 3.8) is 0 Å². The number of nitrogens with one attached hydrogen (secondary N) is 1. The molecular weight excluding hydrogens is 487 g/mol. The Morgan fingerprint density at radius 2 is 1.80 bits per heavy atom. The topological polar surface area (TPSA) is 66.5 Å². The van der Waals surface area contributed by atoms with Crippen LogP contribution < -0.4 is 4.72 Å². The van der Waals surface area contributed by atoms with Crippen molar-refractivity contribution in [2.24, 2.45) is 0 Å². The Bertz CT molecular complexity index is 1340. The maximum atomic E-state index is 13.5. The zero-order valence-corrected chi connectivity index (χ0v) is 21.4. The van der Waals surface area contributed by atoms with Gasteiger partial charge in [-0.1, -0.05) is 74.0 Å². The molecule has 0 bridgehead atoms. The van der Waals surface area contributed by atoms with E-state index in [0.717, 1.165) is 21.0 Å². The first kappa shape index (κ1) is 25.5. The van der Waals surface area contributed by atoms with Crippen LogP contribution in [0, 0.1) is 5.82 Å². The molecule has 1 saturated heterocycles. The van der Waals surface area contributed by atoms with E-state index < -0.39 is 28.1 Å². The van der Waals surface area contributed by atoms with Crippen LogP contribution in [0.1, 0.15) is 48.9 Å². The monoisotopic (exact) mass is 514 g/mol. The molecule has 0 saturated carbocycles. The Kier molecular flexibility index (Phi) is 7.43. The van der Waals surface area contributed by atoms with E-state index >= 15 is 0 Å². The van der Waals surface area contributed by atoms with Crippen LogP contribution in [0.5, 0.6) is 0 Å². The summed E-state index contributed by atoms with van der Waals surface area (Å²) in [6.45, 7) is 4.29. The molecule has 8 heteroatoms. The van der Waals surface area contributed by atoms with Crippen molar-refractivity contribution in [2.75, 3.05) is 7.05 Å². The molecule has 3 aromatic carbocycles. The molecule has 1 aliphatic heterocycles. The van der Waals surface area contributed by atoms with Gasteiger partial charge in [0.15, 0.2) is 5.78 Å². The van der Waals surface area contributed by atoms with Gasteiger partial charge in [0.2, 0.25) is 0 Å². The van der Waals surface area contributed by atoms with Crippen LogP contribution in [0.2, 0.25) is 5.02 Å². The number of halogens is 2. The van der Waals surface area contributed by atoms with Gasteiger partial charge in [-0.2, -0.15) is 17.4 Å². The SMILES string of the molecule is CC(C)c1ccc(-c2cccc(C3CC(C(=O)Cc4ccc(F)c(Cl)c4)N(C)S(=O)(=O)N3)c2)cc1. The number of benzene rings is 3. The molecule has 0 amide bonds. The van der Waals surface area contributed by atoms with Gasteiger partial charge in [0.25, 0.3) is 10.2 Å². The Hall–Kier alpha value is -2.58. The second kappa shape index (κ2) is 10.2. The zero-order valence-electron chi connectivity index (χ0n) is 19.8. The summed E-state index contributed by atoms with van der Waals surface area (Å²) in [6, 6.07) is 18.7. The highest BCUT2D eigenvalue weighted by Gasteiger charge is 2.40. The van der Waals surface area contributed by atoms with E-state index in [0.29, 0.717) is 11.5 Å². The van der Waals surface area contributed by atoms with E-state index in [1.165, 1.54) is 30.8 Å². The van der Waals surface area contributed by atoms with Crippen LogP contribution in [0.4, 0.5) is 4.39 Å². The van der Waals surface area contributed by atoms with Gasteiger partial charge in [-0.15, -0.1) is 0 Å². The first-order valence-corrected chi connectivity index (χ1v) is 13.3. The molecule has 2 atom stereocenters. The third-order valence-electron chi connectivity index (χ3n) is 6.50. The number of ketones is 1. The molecule has 184 valence electrons. The Morgan fingerprint density at radius 3 is 2.46 bits per heavy atom. The molecule has 4 rings (SSSR count). The smallest absolute Gasteiger partial charge is 0.280 e. The van der Waals surface area contributed by atoms with E-state index in [-0.39, 0.29) is 23.6 Å².